The number of aromatic nitrogens is 1. The van der Waals surface area contributed by atoms with Gasteiger partial charge in [0.05, 0.1) is 5.02 Å². The van der Waals surface area contributed by atoms with Gasteiger partial charge in [0.25, 0.3) is 0 Å². The molecular weight excluding hydrogens is 369 g/mol. The van der Waals surface area contributed by atoms with Crippen LogP contribution in [0.4, 0.5) is 4.39 Å². The first-order chi connectivity index (χ1) is 13.4. The maximum Gasteiger partial charge on any atom is 0.143 e. The second-order valence-corrected chi connectivity index (χ2v) is 7.91. The second-order valence-electron chi connectivity index (χ2n) is 7.50. The zero-order chi connectivity index (χ0) is 20.7. The van der Waals surface area contributed by atoms with E-state index < -0.39 is 0 Å². The lowest BCUT2D eigenvalue weighted by atomic mass is 9.91. The zero-order valence-electron chi connectivity index (χ0n) is 17.8. The fraction of sp³-hybridized carbons (Fsp3) is 0.440. The van der Waals surface area contributed by atoms with Crippen molar-refractivity contribution in [1.82, 2.24) is 4.98 Å². The fourth-order valence-corrected chi connectivity index (χ4v) is 3.54. The van der Waals surface area contributed by atoms with E-state index >= 15 is 0 Å². The van der Waals surface area contributed by atoms with Crippen molar-refractivity contribution in [3.8, 4) is 0 Å². The van der Waals surface area contributed by atoms with Crippen molar-refractivity contribution in [3.05, 3.63) is 69.7 Å². The van der Waals surface area contributed by atoms with E-state index in [9.17, 15) is 4.39 Å². The third-order valence-corrected chi connectivity index (χ3v) is 5.65. The highest BCUT2D eigenvalue weighted by Crippen LogP contribution is 2.35. The Kier molecular flexibility index (Phi) is 8.57. The summed E-state index contributed by atoms with van der Waals surface area (Å²) in [7, 11) is 0. The van der Waals surface area contributed by atoms with E-state index in [-0.39, 0.29) is 16.8 Å². The summed E-state index contributed by atoms with van der Waals surface area (Å²) in [4.78, 5) is 3.51. The number of halogens is 2. The van der Waals surface area contributed by atoms with Gasteiger partial charge in [-0.15, -0.1) is 0 Å². The second kappa shape index (κ2) is 10.7. The molecule has 1 heterocycles. The molecule has 28 heavy (non-hydrogen) atoms. The van der Waals surface area contributed by atoms with Crippen LogP contribution in [0.2, 0.25) is 5.02 Å². The molecule has 0 radical (unpaired) electrons. The van der Waals surface area contributed by atoms with Crippen molar-refractivity contribution in [2.24, 2.45) is 0 Å². The van der Waals surface area contributed by atoms with Crippen LogP contribution in [0.5, 0.6) is 0 Å². The summed E-state index contributed by atoms with van der Waals surface area (Å²) in [6.07, 6.45) is 14.1. The summed E-state index contributed by atoms with van der Waals surface area (Å²) >= 11 is 6.09. The molecule has 1 nitrogen and oxygen atoms in total. The van der Waals surface area contributed by atoms with E-state index in [0.717, 1.165) is 43.0 Å². The van der Waals surface area contributed by atoms with E-state index in [1.54, 1.807) is 6.07 Å². The van der Waals surface area contributed by atoms with Crippen molar-refractivity contribution < 1.29 is 4.39 Å². The first-order valence-corrected chi connectivity index (χ1v) is 10.8. The predicted octanol–water partition coefficient (Wildman–Crippen LogP) is 8.66. The van der Waals surface area contributed by atoms with Gasteiger partial charge in [-0.1, -0.05) is 75.6 Å². The first kappa shape index (κ1) is 22.5. The standard InChI is InChI=1S/C25H33ClFN/c1-6-9-11-19(14-13-17(4)8-3)18(5)25-20(12-10-7-2)21-15-22(26)23(27)16-24(21)28-25/h9,11,13-16,18,28H,6-8,10,12H2,1-5H3/b11-9+,17-13+,19-14+. The van der Waals surface area contributed by atoms with Crippen LogP contribution in [0.25, 0.3) is 10.9 Å². The summed E-state index contributed by atoms with van der Waals surface area (Å²) in [6, 6.07) is 3.30. The first-order valence-electron chi connectivity index (χ1n) is 10.5. The minimum Gasteiger partial charge on any atom is -0.358 e. The Morgan fingerprint density at radius 3 is 2.61 bits per heavy atom. The van der Waals surface area contributed by atoms with Gasteiger partial charge in [0.2, 0.25) is 0 Å². The van der Waals surface area contributed by atoms with Gasteiger partial charge in [0.15, 0.2) is 0 Å². The van der Waals surface area contributed by atoms with Crippen LogP contribution in [0, 0.1) is 5.82 Å². The molecule has 1 atom stereocenters. The number of hydrogen-bond acceptors (Lipinski definition) is 0. The van der Waals surface area contributed by atoms with Crippen molar-refractivity contribution in [1.29, 1.82) is 0 Å². The smallest absolute Gasteiger partial charge is 0.143 e. The predicted molar refractivity (Wildman–Crippen MR) is 122 cm³/mol. The molecule has 0 aliphatic rings. The summed E-state index contributed by atoms with van der Waals surface area (Å²) < 4.78 is 14.0. The van der Waals surface area contributed by atoms with Crippen molar-refractivity contribution in [2.45, 2.75) is 72.6 Å². The molecule has 1 aromatic carbocycles. The molecule has 0 saturated heterocycles. The molecule has 152 valence electrons. The number of aryl methyl sites for hydroxylation is 1. The van der Waals surface area contributed by atoms with Crippen LogP contribution in [0.3, 0.4) is 0 Å². The number of rotatable bonds is 9. The molecule has 0 spiro atoms. The van der Waals surface area contributed by atoms with Gasteiger partial charge in [-0.25, -0.2) is 4.39 Å². The van der Waals surface area contributed by atoms with Crippen LogP contribution in [-0.2, 0) is 6.42 Å². The molecule has 1 unspecified atom stereocenters. The third-order valence-electron chi connectivity index (χ3n) is 5.36. The van der Waals surface area contributed by atoms with Crippen LogP contribution in [0.15, 0.2) is 47.6 Å². The molecule has 0 aliphatic carbocycles. The number of hydrogen-bond donors (Lipinski definition) is 1. The topological polar surface area (TPSA) is 15.8 Å². The molecule has 0 bridgehead atoms. The van der Waals surface area contributed by atoms with E-state index in [2.05, 4.69) is 63.9 Å². The van der Waals surface area contributed by atoms with E-state index in [4.69, 9.17) is 11.6 Å². The number of fused-ring (bicyclic) bond motifs is 1. The summed E-state index contributed by atoms with van der Waals surface area (Å²) in [5, 5.41) is 1.23. The number of allylic oxidation sites excluding steroid dienone is 6. The van der Waals surface area contributed by atoms with E-state index in [1.807, 2.05) is 0 Å². The average Bonchev–Trinajstić information content (AvgIpc) is 3.03. The minimum absolute atomic E-state index is 0.185. The van der Waals surface area contributed by atoms with Crippen molar-refractivity contribution in [3.63, 3.8) is 0 Å². The van der Waals surface area contributed by atoms with Gasteiger partial charge in [-0.3, -0.25) is 0 Å². The highest BCUT2D eigenvalue weighted by molar-refractivity contribution is 6.31. The number of H-pyrrole nitrogens is 1. The van der Waals surface area contributed by atoms with Gasteiger partial charge in [0.1, 0.15) is 5.82 Å². The lowest BCUT2D eigenvalue weighted by Crippen LogP contribution is -2.01. The maximum absolute atomic E-state index is 14.0. The zero-order valence-corrected chi connectivity index (χ0v) is 18.6. The van der Waals surface area contributed by atoms with Gasteiger partial charge < -0.3 is 4.98 Å². The number of aromatic amines is 1. The van der Waals surface area contributed by atoms with Gasteiger partial charge in [-0.05, 0) is 55.9 Å². The third kappa shape index (κ3) is 5.38. The van der Waals surface area contributed by atoms with Crippen molar-refractivity contribution >= 4 is 22.5 Å². The van der Waals surface area contributed by atoms with Crippen LogP contribution in [0.1, 0.15) is 77.5 Å². The SMILES string of the molecule is CC/C=C/C(=C\C=C(/C)CC)C(C)c1[nH]c2cc(F)c(Cl)cc2c1CCCC. The minimum atomic E-state index is -0.375. The van der Waals surface area contributed by atoms with Crippen LogP contribution >= 0.6 is 11.6 Å². The molecular formula is C25H33ClFN. The maximum atomic E-state index is 14.0. The number of unbranched alkanes of at least 4 members (excludes halogenated alkanes) is 1. The van der Waals surface area contributed by atoms with E-state index in [0.29, 0.717) is 0 Å². The fourth-order valence-electron chi connectivity index (χ4n) is 3.38. The molecule has 0 fully saturated rings. The molecule has 0 aliphatic heterocycles. The quantitative estimate of drug-likeness (QED) is 0.404. The Morgan fingerprint density at radius 1 is 1.21 bits per heavy atom. The van der Waals surface area contributed by atoms with Gasteiger partial charge >= 0.3 is 0 Å². The molecule has 2 aromatic rings. The lowest BCUT2D eigenvalue weighted by Gasteiger charge is -2.15. The lowest BCUT2D eigenvalue weighted by molar-refractivity contribution is 0.630. The molecule has 3 heteroatoms. The van der Waals surface area contributed by atoms with Gasteiger partial charge in [0, 0.05) is 22.5 Å². The number of nitrogens with one attached hydrogen (secondary N) is 1. The molecule has 2 rings (SSSR count). The Morgan fingerprint density at radius 2 is 1.96 bits per heavy atom. The Balaban J connectivity index is 2.59. The highest BCUT2D eigenvalue weighted by Gasteiger charge is 2.19. The Hall–Kier alpha value is -1.80. The normalized spacial score (nSPS) is 14.4. The van der Waals surface area contributed by atoms with E-state index in [1.165, 1.54) is 28.5 Å². The van der Waals surface area contributed by atoms with Gasteiger partial charge in [-0.2, -0.15) is 0 Å². The number of benzene rings is 1. The van der Waals surface area contributed by atoms with Crippen LogP contribution in [-0.4, -0.2) is 4.98 Å². The Bertz CT molecular complexity index is 886. The Labute approximate surface area is 174 Å². The van der Waals surface area contributed by atoms with Crippen molar-refractivity contribution in [2.75, 3.05) is 0 Å². The summed E-state index contributed by atoms with van der Waals surface area (Å²) in [6.45, 7) is 10.9. The average molecular weight is 402 g/mol. The molecule has 1 N–H and O–H groups in total. The molecule has 0 saturated carbocycles. The monoisotopic (exact) mass is 401 g/mol. The summed E-state index contributed by atoms with van der Waals surface area (Å²) in [5.41, 5.74) is 5.86. The summed E-state index contributed by atoms with van der Waals surface area (Å²) in [5.74, 6) is -0.190. The largest absolute Gasteiger partial charge is 0.358 e. The highest BCUT2D eigenvalue weighted by atomic mass is 35.5. The molecule has 1 aromatic heterocycles. The molecule has 0 amide bonds. The van der Waals surface area contributed by atoms with Crippen LogP contribution < -0.4 is 0 Å².